The van der Waals surface area contributed by atoms with E-state index in [1.807, 2.05) is 6.26 Å². The summed E-state index contributed by atoms with van der Waals surface area (Å²) in [6, 6.07) is 9.20. The first-order chi connectivity index (χ1) is 8.08. The Bertz CT molecular complexity index is 321. The minimum Gasteiger partial charge on any atom is -0.395 e. The lowest BCUT2D eigenvalue weighted by molar-refractivity contribution is 0.272. The van der Waals surface area contributed by atoms with Gasteiger partial charge in [0.05, 0.1) is 6.61 Å². The number of hydrogen-bond acceptors (Lipinski definition) is 3. The number of aliphatic hydroxyl groups excluding tert-OH is 1. The zero-order chi connectivity index (χ0) is 12.8. The Labute approximate surface area is 109 Å². The largest absolute Gasteiger partial charge is 0.395 e. The zero-order valence-corrected chi connectivity index (χ0v) is 11.9. The van der Waals surface area contributed by atoms with Crippen LogP contribution in [-0.2, 0) is 0 Å². The lowest BCUT2D eigenvalue weighted by atomic mass is 10.1. The minimum atomic E-state index is 0.218. The van der Waals surface area contributed by atoms with Crippen molar-refractivity contribution in [1.82, 2.24) is 5.32 Å². The standard InChI is InChI=1S/C14H23NOS/c1-10-5-7-13(8-6-10)11(2)15-12(3)14(9-16)17-4/h5-8,11-12,14-16H,9H2,1-4H3. The molecular formula is C14H23NOS. The highest BCUT2D eigenvalue weighted by Gasteiger charge is 2.17. The van der Waals surface area contributed by atoms with Gasteiger partial charge in [-0.3, -0.25) is 0 Å². The molecule has 96 valence electrons. The molecule has 0 spiro atoms. The van der Waals surface area contributed by atoms with Gasteiger partial charge in [0.1, 0.15) is 0 Å². The van der Waals surface area contributed by atoms with Crippen LogP contribution in [0.25, 0.3) is 0 Å². The van der Waals surface area contributed by atoms with Gasteiger partial charge in [0.15, 0.2) is 0 Å². The van der Waals surface area contributed by atoms with Crippen LogP contribution in [0, 0.1) is 6.92 Å². The van der Waals surface area contributed by atoms with Crippen molar-refractivity contribution in [3.05, 3.63) is 35.4 Å². The van der Waals surface area contributed by atoms with Crippen molar-refractivity contribution in [1.29, 1.82) is 0 Å². The number of nitrogens with one attached hydrogen (secondary N) is 1. The molecule has 0 fully saturated rings. The normalized spacial score (nSPS) is 16.5. The van der Waals surface area contributed by atoms with Crippen LogP contribution in [0.1, 0.15) is 31.0 Å². The Kier molecular flexibility index (Phi) is 6.03. The minimum absolute atomic E-state index is 0.218. The molecule has 17 heavy (non-hydrogen) atoms. The molecule has 2 N–H and O–H groups in total. The van der Waals surface area contributed by atoms with Crippen LogP contribution in [0.4, 0.5) is 0 Å². The molecule has 0 heterocycles. The summed E-state index contributed by atoms with van der Waals surface area (Å²) in [4.78, 5) is 0. The summed E-state index contributed by atoms with van der Waals surface area (Å²) >= 11 is 1.71. The van der Waals surface area contributed by atoms with Crippen LogP contribution < -0.4 is 5.32 Å². The molecule has 0 aliphatic carbocycles. The van der Waals surface area contributed by atoms with E-state index in [4.69, 9.17) is 0 Å². The number of rotatable bonds is 6. The van der Waals surface area contributed by atoms with Crippen molar-refractivity contribution in [2.45, 2.75) is 38.1 Å². The van der Waals surface area contributed by atoms with Crippen LogP contribution in [0.15, 0.2) is 24.3 Å². The summed E-state index contributed by atoms with van der Waals surface area (Å²) in [6.45, 7) is 6.61. The van der Waals surface area contributed by atoms with E-state index in [-0.39, 0.29) is 11.9 Å². The van der Waals surface area contributed by atoms with Crippen LogP contribution >= 0.6 is 11.8 Å². The number of thioether (sulfide) groups is 1. The predicted octanol–water partition coefficient (Wildman–Crippen LogP) is 2.76. The summed E-state index contributed by atoms with van der Waals surface area (Å²) in [5.74, 6) is 0. The molecule has 1 rings (SSSR count). The fourth-order valence-corrected chi connectivity index (χ4v) is 2.53. The first-order valence-electron chi connectivity index (χ1n) is 6.04. The van der Waals surface area contributed by atoms with Gasteiger partial charge in [0.25, 0.3) is 0 Å². The molecule has 3 atom stereocenters. The molecular weight excluding hydrogens is 230 g/mol. The lowest BCUT2D eigenvalue weighted by Crippen LogP contribution is -2.38. The van der Waals surface area contributed by atoms with E-state index in [1.165, 1.54) is 11.1 Å². The van der Waals surface area contributed by atoms with Crippen molar-refractivity contribution >= 4 is 11.8 Å². The van der Waals surface area contributed by atoms with E-state index < -0.39 is 0 Å². The quantitative estimate of drug-likeness (QED) is 0.817. The average molecular weight is 253 g/mol. The molecule has 0 bridgehead atoms. The third-order valence-electron chi connectivity index (χ3n) is 3.13. The fourth-order valence-electron chi connectivity index (χ4n) is 1.89. The number of aryl methyl sites for hydroxylation is 1. The van der Waals surface area contributed by atoms with E-state index in [1.54, 1.807) is 11.8 Å². The molecule has 0 radical (unpaired) electrons. The molecule has 0 saturated carbocycles. The van der Waals surface area contributed by atoms with Gasteiger partial charge in [-0.1, -0.05) is 29.8 Å². The number of benzene rings is 1. The monoisotopic (exact) mass is 253 g/mol. The van der Waals surface area contributed by atoms with Gasteiger partial charge >= 0.3 is 0 Å². The van der Waals surface area contributed by atoms with Gasteiger partial charge in [-0.05, 0) is 32.6 Å². The van der Waals surface area contributed by atoms with E-state index in [9.17, 15) is 5.11 Å². The molecule has 0 saturated heterocycles. The lowest BCUT2D eigenvalue weighted by Gasteiger charge is -2.25. The first kappa shape index (κ1) is 14.6. The molecule has 3 heteroatoms. The maximum atomic E-state index is 9.26. The second-order valence-corrected chi connectivity index (χ2v) is 5.62. The maximum Gasteiger partial charge on any atom is 0.0564 e. The molecule has 3 unspecified atom stereocenters. The van der Waals surface area contributed by atoms with Gasteiger partial charge in [0, 0.05) is 17.3 Å². The first-order valence-corrected chi connectivity index (χ1v) is 7.33. The highest BCUT2D eigenvalue weighted by Crippen LogP contribution is 2.17. The maximum absolute atomic E-state index is 9.26. The van der Waals surface area contributed by atoms with Crippen LogP contribution in [0.3, 0.4) is 0 Å². The predicted molar refractivity (Wildman–Crippen MR) is 76.6 cm³/mol. The summed E-state index contributed by atoms with van der Waals surface area (Å²) < 4.78 is 0. The number of aliphatic hydroxyl groups is 1. The van der Waals surface area contributed by atoms with E-state index in [0.29, 0.717) is 12.1 Å². The van der Waals surface area contributed by atoms with Gasteiger partial charge in [-0.25, -0.2) is 0 Å². The topological polar surface area (TPSA) is 32.3 Å². The van der Waals surface area contributed by atoms with Crippen molar-refractivity contribution < 1.29 is 5.11 Å². The van der Waals surface area contributed by atoms with E-state index in [2.05, 4.69) is 50.4 Å². The molecule has 0 aliphatic rings. The third kappa shape index (κ3) is 4.34. The summed E-state index contributed by atoms with van der Waals surface area (Å²) in [7, 11) is 0. The van der Waals surface area contributed by atoms with Gasteiger partial charge in [0.2, 0.25) is 0 Å². The molecule has 0 aromatic heterocycles. The van der Waals surface area contributed by atoms with Gasteiger partial charge < -0.3 is 10.4 Å². The summed E-state index contributed by atoms with van der Waals surface area (Å²) in [5.41, 5.74) is 2.58. The molecule has 1 aromatic rings. The van der Waals surface area contributed by atoms with Crippen molar-refractivity contribution in [3.8, 4) is 0 Å². The Morgan fingerprint density at radius 2 is 1.82 bits per heavy atom. The SMILES string of the molecule is CSC(CO)C(C)NC(C)c1ccc(C)cc1. The third-order valence-corrected chi connectivity index (χ3v) is 4.29. The van der Waals surface area contributed by atoms with Crippen molar-refractivity contribution in [3.63, 3.8) is 0 Å². The smallest absolute Gasteiger partial charge is 0.0564 e. The van der Waals surface area contributed by atoms with Crippen LogP contribution in [0.5, 0.6) is 0 Å². The summed E-state index contributed by atoms with van der Waals surface area (Å²) in [6.07, 6.45) is 2.04. The van der Waals surface area contributed by atoms with Gasteiger partial charge in [-0.15, -0.1) is 0 Å². The number of hydrogen-bond donors (Lipinski definition) is 2. The van der Waals surface area contributed by atoms with E-state index >= 15 is 0 Å². The average Bonchev–Trinajstić information content (AvgIpc) is 2.31. The molecule has 0 aliphatic heterocycles. The second kappa shape index (κ2) is 7.04. The van der Waals surface area contributed by atoms with Crippen molar-refractivity contribution in [2.24, 2.45) is 0 Å². The highest BCUT2D eigenvalue weighted by molar-refractivity contribution is 7.99. The van der Waals surface area contributed by atoms with Crippen LogP contribution in [-0.4, -0.2) is 29.3 Å². The van der Waals surface area contributed by atoms with Crippen molar-refractivity contribution in [2.75, 3.05) is 12.9 Å². The molecule has 1 aromatic carbocycles. The molecule has 2 nitrogen and oxygen atoms in total. The Balaban J connectivity index is 2.59. The van der Waals surface area contributed by atoms with Gasteiger partial charge in [-0.2, -0.15) is 11.8 Å². The summed E-state index contributed by atoms with van der Waals surface area (Å²) in [5, 5.41) is 13.0. The Hall–Kier alpha value is -0.510. The molecule has 0 amide bonds. The second-order valence-electron chi connectivity index (χ2n) is 4.54. The van der Waals surface area contributed by atoms with E-state index in [0.717, 1.165) is 0 Å². The highest BCUT2D eigenvalue weighted by atomic mass is 32.2. The Morgan fingerprint density at radius 1 is 1.24 bits per heavy atom. The Morgan fingerprint density at radius 3 is 2.29 bits per heavy atom. The zero-order valence-electron chi connectivity index (χ0n) is 11.1. The fraction of sp³-hybridized carbons (Fsp3) is 0.571. The van der Waals surface area contributed by atoms with Crippen LogP contribution in [0.2, 0.25) is 0 Å².